The second kappa shape index (κ2) is 9.99. The van der Waals surface area contributed by atoms with E-state index in [1.54, 1.807) is 30.3 Å². The van der Waals surface area contributed by atoms with Gasteiger partial charge in [0.1, 0.15) is 17.5 Å². The Morgan fingerprint density at radius 1 is 1.29 bits per heavy atom. The van der Waals surface area contributed by atoms with Gasteiger partial charge in [-0.2, -0.15) is 15.1 Å². The number of ether oxygens (including phenoxy) is 2. The molecule has 10 heteroatoms. The molecule has 7 nitrogen and oxygen atoms in total. The first-order valence-electron chi connectivity index (χ1n) is 10.5. The Bertz CT molecular complexity index is 1260. The number of methoxy groups -OCH3 is 1. The van der Waals surface area contributed by atoms with Gasteiger partial charge in [0.15, 0.2) is 17.3 Å². The molecule has 2 aliphatic rings. The zero-order valence-corrected chi connectivity index (χ0v) is 20.3. The minimum atomic E-state index is -0.528. The molecule has 0 atom stereocenters. The molecular weight excluding hydrogens is 479 g/mol. The topological polar surface area (TPSA) is 87.3 Å². The van der Waals surface area contributed by atoms with E-state index in [-0.39, 0.29) is 34.6 Å². The van der Waals surface area contributed by atoms with Gasteiger partial charge in [0.2, 0.25) is 5.17 Å². The smallest absolute Gasteiger partial charge is 0.283 e. The average molecular weight is 501 g/mol. The van der Waals surface area contributed by atoms with E-state index in [1.165, 1.54) is 36.0 Å². The summed E-state index contributed by atoms with van der Waals surface area (Å²) in [4.78, 5) is 16.8. The maximum absolute atomic E-state index is 13.9. The third-order valence-corrected chi connectivity index (χ3v) is 6.18. The first kappa shape index (κ1) is 24.0. The molecule has 2 heterocycles. The quantitative estimate of drug-likeness (QED) is 0.490. The summed E-state index contributed by atoms with van der Waals surface area (Å²) < 4.78 is 25.1. The molecular formula is C24H22ClFN4O3S. The number of hydrazone groups is 1. The van der Waals surface area contributed by atoms with Crippen LogP contribution in [0.2, 0.25) is 5.02 Å². The highest BCUT2D eigenvalue weighted by molar-refractivity contribution is 8.26. The van der Waals surface area contributed by atoms with Crippen LogP contribution in [0.1, 0.15) is 31.4 Å². The van der Waals surface area contributed by atoms with Crippen molar-refractivity contribution in [3.63, 3.8) is 0 Å². The van der Waals surface area contributed by atoms with Crippen molar-refractivity contribution in [2.24, 2.45) is 16.0 Å². The summed E-state index contributed by atoms with van der Waals surface area (Å²) in [5, 5.41) is 15.8. The summed E-state index contributed by atoms with van der Waals surface area (Å²) in [6.07, 6.45) is 2.25. The molecule has 1 amide bonds. The highest BCUT2D eigenvalue weighted by Crippen LogP contribution is 2.38. The van der Waals surface area contributed by atoms with E-state index in [2.05, 4.69) is 23.9 Å². The van der Waals surface area contributed by atoms with E-state index >= 15 is 0 Å². The van der Waals surface area contributed by atoms with E-state index < -0.39 is 5.91 Å². The van der Waals surface area contributed by atoms with Crippen LogP contribution in [0.3, 0.4) is 0 Å². The molecule has 176 valence electrons. The number of amidine groups is 2. The van der Waals surface area contributed by atoms with Crippen LogP contribution in [-0.2, 0) is 11.4 Å². The number of aliphatic imine (C=N–C) groups is 1. The molecule has 0 radical (unpaired) electrons. The molecule has 0 unspecified atom stereocenters. The molecule has 0 fully saturated rings. The van der Waals surface area contributed by atoms with Crippen molar-refractivity contribution in [2.75, 3.05) is 7.11 Å². The van der Waals surface area contributed by atoms with Crippen molar-refractivity contribution in [1.29, 1.82) is 5.41 Å². The Balaban J connectivity index is 1.60. The number of carbonyl (C=O) groups excluding carboxylic acids is 1. The van der Waals surface area contributed by atoms with E-state index in [0.717, 1.165) is 11.5 Å². The van der Waals surface area contributed by atoms with Gasteiger partial charge in [0.05, 0.1) is 17.7 Å². The summed E-state index contributed by atoms with van der Waals surface area (Å²) >= 11 is 7.74. The van der Waals surface area contributed by atoms with Crippen molar-refractivity contribution in [1.82, 2.24) is 5.01 Å². The van der Waals surface area contributed by atoms with E-state index in [0.29, 0.717) is 28.0 Å². The average Bonchev–Trinajstić information content (AvgIpc) is 3.18. The number of halogens is 2. The largest absolute Gasteiger partial charge is 0.493 e. The van der Waals surface area contributed by atoms with Crippen molar-refractivity contribution < 1.29 is 18.7 Å². The number of hydrogen-bond donors (Lipinski definition) is 1. The Morgan fingerprint density at radius 2 is 2.06 bits per heavy atom. The second-order valence-corrected chi connectivity index (χ2v) is 9.47. The molecule has 2 aromatic carbocycles. The predicted molar refractivity (Wildman–Crippen MR) is 133 cm³/mol. The lowest BCUT2D eigenvalue weighted by molar-refractivity contribution is -0.114. The fraction of sp³-hybridized carbons (Fsp3) is 0.250. The monoisotopic (exact) mass is 500 g/mol. The lowest BCUT2D eigenvalue weighted by Crippen LogP contribution is -2.35. The number of carbonyl (C=O) groups is 1. The van der Waals surface area contributed by atoms with E-state index in [1.807, 2.05) is 0 Å². The third-order valence-electron chi connectivity index (χ3n) is 4.97. The fourth-order valence-electron chi connectivity index (χ4n) is 3.36. The Labute approximate surface area is 205 Å². The van der Waals surface area contributed by atoms with Crippen molar-refractivity contribution in [2.45, 2.75) is 26.9 Å². The predicted octanol–water partition coefficient (Wildman–Crippen LogP) is 5.73. The van der Waals surface area contributed by atoms with Crippen LogP contribution in [0.15, 0.2) is 52.1 Å². The van der Waals surface area contributed by atoms with E-state index in [4.69, 9.17) is 26.5 Å². The van der Waals surface area contributed by atoms with Crippen molar-refractivity contribution >= 4 is 51.4 Å². The summed E-state index contributed by atoms with van der Waals surface area (Å²) in [7, 11) is 1.45. The van der Waals surface area contributed by atoms with Crippen LogP contribution >= 0.6 is 23.4 Å². The molecule has 0 aliphatic carbocycles. The first-order valence-corrected chi connectivity index (χ1v) is 11.7. The number of hydrogen-bond acceptors (Lipinski definition) is 6. The first-order chi connectivity index (χ1) is 16.3. The molecule has 0 spiro atoms. The van der Waals surface area contributed by atoms with Crippen LogP contribution in [-0.4, -0.2) is 34.1 Å². The van der Waals surface area contributed by atoms with E-state index in [9.17, 15) is 9.18 Å². The molecule has 4 rings (SSSR count). The van der Waals surface area contributed by atoms with Gasteiger partial charge >= 0.3 is 0 Å². The molecule has 1 N–H and O–H groups in total. The minimum absolute atomic E-state index is 0.0346. The molecule has 0 saturated heterocycles. The van der Waals surface area contributed by atoms with Gasteiger partial charge in [-0.1, -0.05) is 43.6 Å². The molecule has 2 aromatic rings. The van der Waals surface area contributed by atoms with Gasteiger partial charge in [-0.25, -0.2) is 4.39 Å². The minimum Gasteiger partial charge on any atom is -0.493 e. The van der Waals surface area contributed by atoms with Crippen LogP contribution in [0.4, 0.5) is 4.39 Å². The fourth-order valence-corrected chi connectivity index (χ4v) is 4.73. The Kier molecular flexibility index (Phi) is 7.04. The SMILES string of the molecule is COc1cc(/C=C2/C(=N)N3N=C(CC(C)C)SC3=NC2=O)cc(Cl)c1OCc1ccccc1F. The number of amides is 1. The van der Waals surface area contributed by atoms with Crippen molar-refractivity contribution in [3.8, 4) is 11.5 Å². The highest BCUT2D eigenvalue weighted by atomic mass is 35.5. The number of benzene rings is 2. The maximum Gasteiger partial charge on any atom is 0.283 e. The summed E-state index contributed by atoms with van der Waals surface area (Å²) in [5.41, 5.74) is 0.977. The molecule has 0 saturated carbocycles. The molecule has 2 aliphatic heterocycles. The standard InChI is InChI=1S/C24H22ClFN4O3S/c1-13(2)8-20-29-30-22(27)16(23(31)28-24(30)34-20)9-14-10-17(25)21(19(11-14)32-3)33-12-15-6-4-5-7-18(15)26/h4-7,9-11,13,27H,8,12H2,1-3H3/b16-9-,27-22?. The Hall–Kier alpha value is -3.17. The molecule has 0 aromatic heterocycles. The number of fused-ring (bicyclic) bond motifs is 1. The van der Waals surface area contributed by atoms with Gasteiger partial charge in [0, 0.05) is 12.0 Å². The lowest BCUT2D eigenvalue weighted by Gasteiger charge is -2.20. The van der Waals surface area contributed by atoms with Crippen LogP contribution in [0.5, 0.6) is 11.5 Å². The van der Waals surface area contributed by atoms with Crippen LogP contribution in [0, 0.1) is 17.1 Å². The van der Waals surface area contributed by atoms with Crippen LogP contribution < -0.4 is 9.47 Å². The van der Waals surface area contributed by atoms with Gasteiger partial charge in [-0.15, -0.1) is 0 Å². The zero-order valence-electron chi connectivity index (χ0n) is 18.8. The number of nitrogens with zero attached hydrogens (tertiary/aromatic N) is 3. The van der Waals surface area contributed by atoms with Crippen LogP contribution in [0.25, 0.3) is 6.08 Å². The summed E-state index contributed by atoms with van der Waals surface area (Å²) in [6.45, 7) is 4.11. The van der Waals surface area contributed by atoms with Gasteiger partial charge in [0.25, 0.3) is 5.91 Å². The summed E-state index contributed by atoms with van der Waals surface area (Å²) in [5.74, 6) is -0.0207. The summed E-state index contributed by atoms with van der Waals surface area (Å²) in [6, 6.07) is 9.50. The Morgan fingerprint density at radius 3 is 2.76 bits per heavy atom. The normalized spacial score (nSPS) is 16.6. The molecule has 34 heavy (non-hydrogen) atoms. The number of thioether (sulfide) groups is 1. The molecule has 0 bridgehead atoms. The van der Waals surface area contributed by atoms with Gasteiger partial charge in [-0.3, -0.25) is 10.2 Å². The second-order valence-electron chi connectivity index (χ2n) is 8.03. The number of nitrogens with one attached hydrogen (secondary N) is 1. The highest BCUT2D eigenvalue weighted by Gasteiger charge is 2.35. The van der Waals surface area contributed by atoms with Crippen molar-refractivity contribution in [3.05, 3.63) is 63.9 Å². The van der Waals surface area contributed by atoms with Gasteiger partial charge in [-0.05, 0) is 47.5 Å². The lowest BCUT2D eigenvalue weighted by atomic mass is 10.1. The number of rotatable bonds is 7. The maximum atomic E-state index is 13.9. The third kappa shape index (κ3) is 5.00. The zero-order chi connectivity index (χ0) is 24.4. The van der Waals surface area contributed by atoms with Gasteiger partial charge < -0.3 is 9.47 Å².